The van der Waals surface area contributed by atoms with E-state index in [1.165, 1.54) is 64.2 Å². The summed E-state index contributed by atoms with van der Waals surface area (Å²) in [7, 11) is 0. The van der Waals surface area contributed by atoms with E-state index in [1.54, 1.807) is 0 Å². The molecule has 0 aromatic carbocycles. The van der Waals surface area contributed by atoms with Crippen molar-refractivity contribution in [3.05, 3.63) is 0 Å². The first-order valence-electron chi connectivity index (χ1n) is 8.07. The highest BCUT2D eigenvalue weighted by Gasteiger charge is 2.23. The number of hydrogen-bond donors (Lipinski definition) is 1. The van der Waals surface area contributed by atoms with Crippen molar-refractivity contribution < 1.29 is 0 Å². The smallest absolute Gasteiger partial charge is 0.00952 e. The largest absolute Gasteiger partial charge is 0.311 e. The Morgan fingerprint density at radius 2 is 1.71 bits per heavy atom. The van der Waals surface area contributed by atoms with E-state index >= 15 is 0 Å². The molecule has 0 amide bonds. The van der Waals surface area contributed by atoms with Gasteiger partial charge in [-0.1, -0.05) is 52.9 Å². The Morgan fingerprint density at radius 1 is 1.00 bits per heavy atom. The van der Waals surface area contributed by atoms with Crippen molar-refractivity contribution >= 4 is 0 Å². The average Bonchev–Trinajstić information content (AvgIpc) is 2.40. The van der Waals surface area contributed by atoms with Crippen molar-refractivity contribution in [1.29, 1.82) is 0 Å². The Kier molecular flexibility index (Phi) is 7.92. The molecule has 1 aliphatic carbocycles. The van der Waals surface area contributed by atoms with Crippen LogP contribution in [0.4, 0.5) is 0 Å². The van der Waals surface area contributed by atoms with E-state index in [9.17, 15) is 0 Å². The summed E-state index contributed by atoms with van der Waals surface area (Å²) in [4.78, 5) is 0. The Balaban J connectivity index is 2.36. The van der Waals surface area contributed by atoms with Crippen molar-refractivity contribution in [1.82, 2.24) is 5.32 Å². The lowest BCUT2D eigenvalue weighted by atomic mass is 9.82. The molecule has 0 bridgehead atoms. The standard InChI is InChI=1S/C16H33N/c1-4-7-13-15(5-2)17-16(6-3)14-11-9-8-10-12-14/h14-17H,4-13H2,1-3H3. The van der Waals surface area contributed by atoms with Crippen LogP contribution in [0, 0.1) is 5.92 Å². The van der Waals surface area contributed by atoms with E-state index in [4.69, 9.17) is 0 Å². The molecule has 1 nitrogen and oxygen atoms in total. The Labute approximate surface area is 109 Å². The third-order valence-electron chi connectivity index (χ3n) is 4.51. The van der Waals surface area contributed by atoms with Crippen LogP contribution in [-0.2, 0) is 0 Å². The number of unbranched alkanes of at least 4 members (excludes halogenated alkanes) is 1. The van der Waals surface area contributed by atoms with Crippen LogP contribution in [0.25, 0.3) is 0 Å². The van der Waals surface area contributed by atoms with Gasteiger partial charge in [0.25, 0.3) is 0 Å². The second kappa shape index (κ2) is 8.97. The van der Waals surface area contributed by atoms with Gasteiger partial charge in [-0.25, -0.2) is 0 Å². The minimum Gasteiger partial charge on any atom is -0.311 e. The summed E-state index contributed by atoms with van der Waals surface area (Å²) in [5.41, 5.74) is 0. The molecule has 1 aliphatic rings. The fourth-order valence-corrected chi connectivity index (χ4v) is 3.28. The van der Waals surface area contributed by atoms with E-state index in [0.29, 0.717) is 0 Å². The van der Waals surface area contributed by atoms with Crippen molar-refractivity contribution in [2.45, 2.75) is 97.1 Å². The van der Waals surface area contributed by atoms with Gasteiger partial charge in [0.15, 0.2) is 0 Å². The van der Waals surface area contributed by atoms with Crippen LogP contribution in [0.3, 0.4) is 0 Å². The zero-order valence-corrected chi connectivity index (χ0v) is 12.3. The molecule has 0 radical (unpaired) electrons. The molecule has 0 aromatic rings. The van der Waals surface area contributed by atoms with Gasteiger partial charge in [-0.3, -0.25) is 0 Å². The number of rotatable bonds is 8. The highest BCUT2D eigenvalue weighted by atomic mass is 15.0. The molecular formula is C16H33N. The summed E-state index contributed by atoms with van der Waals surface area (Å²) < 4.78 is 0. The zero-order valence-electron chi connectivity index (χ0n) is 12.3. The van der Waals surface area contributed by atoms with Gasteiger partial charge in [-0.05, 0) is 38.0 Å². The van der Waals surface area contributed by atoms with Gasteiger partial charge >= 0.3 is 0 Å². The van der Waals surface area contributed by atoms with Crippen LogP contribution in [0.15, 0.2) is 0 Å². The lowest BCUT2D eigenvalue weighted by molar-refractivity contribution is 0.238. The monoisotopic (exact) mass is 239 g/mol. The van der Waals surface area contributed by atoms with Crippen LogP contribution in [-0.4, -0.2) is 12.1 Å². The van der Waals surface area contributed by atoms with Crippen LogP contribution in [0.5, 0.6) is 0 Å². The molecule has 1 fully saturated rings. The molecule has 1 heteroatoms. The van der Waals surface area contributed by atoms with E-state index in [-0.39, 0.29) is 0 Å². The molecule has 1 saturated carbocycles. The predicted octanol–water partition coefficient (Wildman–Crippen LogP) is 4.90. The van der Waals surface area contributed by atoms with E-state index in [2.05, 4.69) is 26.1 Å². The van der Waals surface area contributed by atoms with Crippen LogP contribution in [0.2, 0.25) is 0 Å². The molecule has 1 rings (SSSR count). The normalized spacial score (nSPS) is 21.4. The number of nitrogens with one attached hydrogen (secondary N) is 1. The van der Waals surface area contributed by atoms with Crippen LogP contribution >= 0.6 is 0 Å². The van der Waals surface area contributed by atoms with Crippen LogP contribution in [0.1, 0.15) is 85.0 Å². The van der Waals surface area contributed by atoms with Gasteiger partial charge in [0.1, 0.15) is 0 Å². The lowest BCUT2D eigenvalue weighted by Gasteiger charge is -2.33. The predicted molar refractivity (Wildman–Crippen MR) is 77.4 cm³/mol. The fourth-order valence-electron chi connectivity index (χ4n) is 3.28. The SMILES string of the molecule is CCCCC(CC)NC(CC)C1CCCCC1. The maximum absolute atomic E-state index is 3.96. The third kappa shape index (κ3) is 5.42. The summed E-state index contributed by atoms with van der Waals surface area (Å²) in [6.07, 6.45) is 14.0. The summed E-state index contributed by atoms with van der Waals surface area (Å²) in [5, 5.41) is 3.96. The Morgan fingerprint density at radius 3 is 2.24 bits per heavy atom. The molecule has 2 unspecified atom stereocenters. The third-order valence-corrected chi connectivity index (χ3v) is 4.51. The summed E-state index contributed by atoms with van der Waals surface area (Å²) in [5.74, 6) is 0.962. The van der Waals surface area contributed by atoms with Gasteiger partial charge in [0, 0.05) is 12.1 Å². The average molecular weight is 239 g/mol. The molecule has 0 aromatic heterocycles. The van der Waals surface area contributed by atoms with Crippen molar-refractivity contribution in [3.8, 4) is 0 Å². The molecular weight excluding hydrogens is 206 g/mol. The van der Waals surface area contributed by atoms with Crippen molar-refractivity contribution in [2.24, 2.45) is 5.92 Å². The Hall–Kier alpha value is -0.0400. The highest BCUT2D eigenvalue weighted by molar-refractivity contribution is 4.81. The van der Waals surface area contributed by atoms with Crippen molar-refractivity contribution in [2.75, 3.05) is 0 Å². The van der Waals surface area contributed by atoms with Crippen LogP contribution < -0.4 is 5.32 Å². The first-order chi connectivity index (χ1) is 8.31. The second-order valence-corrected chi connectivity index (χ2v) is 5.83. The van der Waals surface area contributed by atoms with E-state index in [1.807, 2.05) is 0 Å². The quantitative estimate of drug-likeness (QED) is 0.635. The van der Waals surface area contributed by atoms with Gasteiger partial charge in [0.2, 0.25) is 0 Å². The topological polar surface area (TPSA) is 12.0 Å². The molecule has 1 N–H and O–H groups in total. The van der Waals surface area contributed by atoms with Gasteiger partial charge in [-0.2, -0.15) is 0 Å². The maximum Gasteiger partial charge on any atom is 0.00952 e. The van der Waals surface area contributed by atoms with Gasteiger partial charge < -0.3 is 5.32 Å². The van der Waals surface area contributed by atoms with Gasteiger partial charge in [-0.15, -0.1) is 0 Å². The van der Waals surface area contributed by atoms with E-state index in [0.717, 1.165) is 18.0 Å². The minimum absolute atomic E-state index is 0.766. The maximum atomic E-state index is 3.96. The summed E-state index contributed by atoms with van der Waals surface area (Å²) in [6, 6.07) is 1.55. The summed E-state index contributed by atoms with van der Waals surface area (Å²) in [6.45, 7) is 6.99. The van der Waals surface area contributed by atoms with Crippen molar-refractivity contribution in [3.63, 3.8) is 0 Å². The molecule has 2 atom stereocenters. The minimum atomic E-state index is 0.766. The van der Waals surface area contributed by atoms with E-state index < -0.39 is 0 Å². The first-order valence-corrected chi connectivity index (χ1v) is 8.07. The molecule has 102 valence electrons. The highest BCUT2D eigenvalue weighted by Crippen LogP contribution is 2.28. The molecule has 0 heterocycles. The Bertz CT molecular complexity index is 172. The number of hydrogen-bond acceptors (Lipinski definition) is 1. The molecule has 0 saturated heterocycles. The summed E-state index contributed by atoms with van der Waals surface area (Å²) >= 11 is 0. The lowest BCUT2D eigenvalue weighted by Crippen LogP contribution is -2.43. The molecule has 0 aliphatic heterocycles. The second-order valence-electron chi connectivity index (χ2n) is 5.83. The molecule has 0 spiro atoms. The molecule has 17 heavy (non-hydrogen) atoms. The van der Waals surface area contributed by atoms with Gasteiger partial charge in [0.05, 0.1) is 0 Å². The zero-order chi connectivity index (χ0) is 12.5. The fraction of sp³-hybridized carbons (Fsp3) is 1.00. The first kappa shape index (κ1) is 15.0.